The highest BCUT2D eigenvalue weighted by molar-refractivity contribution is 5.74. The van der Waals surface area contributed by atoms with Crippen LogP contribution in [0.4, 0.5) is 5.95 Å². The van der Waals surface area contributed by atoms with E-state index in [4.69, 9.17) is 5.73 Å². The molecule has 6 heteroatoms. The van der Waals surface area contributed by atoms with E-state index in [0.29, 0.717) is 13.0 Å². The number of hydrogen-bond acceptors (Lipinski definition) is 4. The van der Waals surface area contributed by atoms with Crippen LogP contribution in [0.2, 0.25) is 0 Å². The average Bonchev–Trinajstić information content (AvgIpc) is 2.55. The molecule has 1 heterocycles. The minimum atomic E-state index is -0.311. The molecule has 3 N–H and O–H groups in total. The van der Waals surface area contributed by atoms with Crippen molar-refractivity contribution in [2.75, 3.05) is 19.0 Å². The predicted molar refractivity (Wildman–Crippen MR) is 72.3 cm³/mol. The number of carbonyl (C=O) groups is 1. The molecule has 0 saturated carbocycles. The highest BCUT2D eigenvalue weighted by Gasteiger charge is 2.20. The topological polar surface area (TPSA) is 76.2 Å². The molecule has 1 rings (SSSR count). The van der Waals surface area contributed by atoms with Gasteiger partial charge in [-0.25, -0.2) is 4.98 Å². The van der Waals surface area contributed by atoms with Gasteiger partial charge in [-0.1, -0.05) is 0 Å². The van der Waals surface area contributed by atoms with Crippen LogP contribution in [0.15, 0.2) is 6.20 Å². The fourth-order valence-electron chi connectivity index (χ4n) is 1.84. The quantitative estimate of drug-likeness (QED) is 0.761. The minimum Gasteiger partial charge on any atom is -0.370 e. The SMILES string of the molecule is CN(C)c1ncc(CNC(C)(C)CC(N)=O)n1C. The molecule has 0 aliphatic rings. The first-order chi connectivity index (χ1) is 8.23. The lowest BCUT2D eigenvalue weighted by Gasteiger charge is -2.25. The molecule has 0 unspecified atom stereocenters. The Bertz CT molecular complexity index is 422. The van der Waals surface area contributed by atoms with E-state index in [-0.39, 0.29) is 11.4 Å². The van der Waals surface area contributed by atoms with Gasteiger partial charge in [0.25, 0.3) is 0 Å². The number of nitrogens with one attached hydrogen (secondary N) is 1. The van der Waals surface area contributed by atoms with Crippen LogP contribution in [0, 0.1) is 0 Å². The smallest absolute Gasteiger partial charge is 0.219 e. The van der Waals surface area contributed by atoms with E-state index in [2.05, 4.69) is 10.3 Å². The maximum atomic E-state index is 10.9. The molecule has 0 bridgehead atoms. The van der Waals surface area contributed by atoms with E-state index in [9.17, 15) is 4.79 Å². The van der Waals surface area contributed by atoms with Gasteiger partial charge < -0.3 is 20.5 Å². The Morgan fingerprint density at radius 1 is 1.56 bits per heavy atom. The maximum absolute atomic E-state index is 10.9. The molecule has 0 radical (unpaired) electrons. The first kappa shape index (κ1) is 14.5. The van der Waals surface area contributed by atoms with Crippen molar-refractivity contribution in [2.24, 2.45) is 12.8 Å². The zero-order valence-electron chi connectivity index (χ0n) is 11.8. The largest absolute Gasteiger partial charge is 0.370 e. The van der Waals surface area contributed by atoms with Crippen LogP contribution >= 0.6 is 0 Å². The molecule has 0 spiro atoms. The van der Waals surface area contributed by atoms with Gasteiger partial charge in [-0.3, -0.25) is 4.79 Å². The highest BCUT2D eigenvalue weighted by Crippen LogP contribution is 2.13. The lowest BCUT2D eigenvalue weighted by Crippen LogP contribution is -2.42. The van der Waals surface area contributed by atoms with Gasteiger partial charge in [0.1, 0.15) is 0 Å². The molecular weight excluding hydrogens is 230 g/mol. The number of primary amides is 1. The Morgan fingerprint density at radius 3 is 2.61 bits per heavy atom. The summed E-state index contributed by atoms with van der Waals surface area (Å²) >= 11 is 0. The molecule has 0 saturated heterocycles. The number of nitrogens with two attached hydrogens (primary N) is 1. The van der Waals surface area contributed by atoms with Crippen molar-refractivity contribution in [3.8, 4) is 0 Å². The summed E-state index contributed by atoms with van der Waals surface area (Å²) in [4.78, 5) is 17.2. The van der Waals surface area contributed by atoms with Crippen molar-refractivity contribution in [3.05, 3.63) is 11.9 Å². The number of nitrogens with zero attached hydrogens (tertiary/aromatic N) is 3. The zero-order valence-corrected chi connectivity index (χ0v) is 11.8. The van der Waals surface area contributed by atoms with E-state index in [1.807, 2.05) is 50.7 Å². The molecule has 0 aliphatic carbocycles. The number of imidazole rings is 1. The normalized spacial score (nSPS) is 11.6. The molecule has 102 valence electrons. The van der Waals surface area contributed by atoms with Gasteiger partial charge in [0, 0.05) is 39.6 Å². The number of aromatic nitrogens is 2. The van der Waals surface area contributed by atoms with E-state index >= 15 is 0 Å². The zero-order chi connectivity index (χ0) is 13.9. The van der Waals surface area contributed by atoms with Crippen LogP contribution in [0.3, 0.4) is 0 Å². The van der Waals surface area contributed by atoms with Crippen LogP contribution in [0.1, 0.15) is 26.0 Å². The number of carbonyl (C=O) groups excluding carboxylic acids is 1. The van der Waals surface area contributed by atoms with Crippen molar-refractivity contribution in [1.82, 2.24) is 14.9 Å². The predicted octanol–water partition coefficient (Wildman–Crippen LogP) is 0.230. The fraction of sp³-hybridized carbons (Fsp3) is 0.667. The van der Waals surface area contributed by atoms with Crippen LogP contribution in [0.5, 0.6) is 0 Å². The Labute approximate surface area is 108 Å². The number of hydrogen-bond donors (Lipinski definition) is 2. The second-order valence-corrected chi connectivity index (χ2v) is 5.38. The van der Waals surface area contributed by atoms with Gasteiger partial charge in [0.15, 0.2) is 0 Å². The first-order valence-corrected chi connectivity index (χ1v) is 5.94. The number of amides is 1. The Balaban J connectivity index is 2.66. The highest BCUT2D eigenvalue weighted by atomic mass is 16.1. The van der Waals surface area contributed by atoms with Crippen molar-refractivity contribution in [3.63, 3.8) is 0 Å². The summed E-state index contributed by atoms with van der Waals surface area (Å²) < 4.78 is 2.02. The Morgan fingerprint density at radius 2 is 2.17 bits per heavy atom. The summed E-state index contributed by atoms with van der Waals surface area (Å²) in [5.74, 6) is 0.603. The minimum absolute atomic E-state index is 0.300. The van der Waals surface area contributed by atoms with Crippen molar-refractivity contribution < 1.29 is 4.79 Å². The van der Waals surface area contributed by atoms with Crippen LogP contribution in [-0.4, -0.2) is 35.1 Å². The van der Waals surface area contributed by atoms with Gasteiger partial charge in [-0.2, -0.15) is 0 Å². The van der Waals surface area contributed by atoms with E-state index < -0.39 is 0 Å². The van der Waals surface area contributed by atoms with Crippen molar-refractivity contribution in [1.29, 1.82) is 0 Å². The lowest BCUT2D eigenvalue weighted by atomic mass is 10.0. The summed E-state index contributed by atoms with van der Waals surface area (Å²) in [5, 5.41) is 3.32. The molecule has 1 aromatic heterocycles. The van der Waals surface area contributed by atoms with Crippen LogP contribution < -0.4 is 16.0 Å². The molecule has 18 heavy (non-hydrogen) atoms. The van der Waals surface area contributed by atoms with Crippen LogP contribution in [-0.2, 0) is 18.4 Å². The molecule has 1 amide bonds. The third-order valence-corrected chi connectivity index (χ3v) is 2.82. The Kier molecular flexibility index (Phi) is 4.34. The second kappa shape index (κ2) is 5.39. The standard InChI is InChI=1S/C12H23N5O/c1-12(2,6-10(13)18)15-8-9-7-14-11(16(3)4)17(9)5/h7,15H,6,8H2,1-5H3,(H2,13,18). The van der Waals surface area contributed by atoms with Gasteiger partial charge in [-0.15, -0.1) is 0 Å². The fourth-order valence-corrected chi connectivity index (χ4v) is 1.84. The maximum Gasteiger partial charge on any atom is 0.219 e. The monoisotopic (exact) mass is 253 g/mol. The summed E-state index contributed by atoms with van der Waals surface area (Å²) in [5.41, 5.74) is 5.97. The number of rotatable bonds is 6. The third kappa shape index (κ3) is 3.73. The summed E-state index contributed by atoms with van der Waals surface area (Å²) in [6.45, 7) is 4.57. The first-order valence-electron chi connectivity index (χ1n) is 5.94. The van der Waals surface area contributed by atoms with Gasteiger partial charge >= 0.3 is 0 Å². The van der Waals surface area contributed by atoms with Crippen LogP contribution in [0.25, 0.3) is 0 Å². The Hall–Kier alpha value is -1.56. The molecule has 0 atom stereocenters. The second-order valence-electron chi connectivity index (χ2n) is 5.38. The summed E-state index contributed by atoms with van der Waals surface area (Å²) in [6, 6.07) is 0. The molecule has 0 aliphatic heterocycles. The molecule has 0 aromatic carbocycles. The summed E-state index contributed by atoms with van der Waals surface area (Å²) in [7, 11) is 5.88. The van der Waals surface area contributed by atoms with E-state index in [0.717, 1.165) is 11.6 Å². The molecular formula is C12H23N5O. The number of anilines is 1. The van der Waals surface area contributed by atoms with Gasteiger partial charge in [-0.05, 0) is 13.8 Å². The van der Waals surface area contributed by atoms with E-state index in [1.54, 1.807) is 0 Å². The average molecular weight is 253 g/mol. The summed E-state index contributed by atoms with van der Waals surface area (Å²) in [6.07, 6.45) is 2.15. The molecule has 1 aromatic rings. The van der Waals surface area contributed by atoms with Crippen molar-refractivity contribution in [2.45, 2.75) is 32.4 Å². The lowest BCUT2D eigenvalue weighted by molar-refractivity contribution is -0.119. The third-order valence-electron chi connectivity index (χ3n) is 2.82. The molecule has 0 fully saturated rings. The van der Waals surface area contributed by atoms with Gasteiger partial charge in [0.05, 0.1) is 11.9 Å². The van der Waals surface area contributed by atoms with E-state index in [1.165, 1.54) is 0 Å². The van der Waals surface area contributed by atoms with Crippen molar-refractivity contribution >= 4 is 11.9 Å². The van der Waals surface area contributed by atoms with Gasteiger partial charge in [0.2, 0.25) is 11.9 Å². The molecule has 6 nitrogen and oxygen atoms in total.